The van der Waals surface area contributed by atoms with Crippen LogP contribution in [0.3, 0.4) is 0 Å². The van der Waals surface area contributed by atoms with Crippen molar-refractivity contribution >= 4 is 5.91 Å². The Morgan fingerprint density at radius 2 is 1.82 bits per heavy atom. The number of aromatic amines is 1. The van der Waals surface area contributed by atoms with Gasteiger partial charge in [-0.15, -0.1) is 5.10 Å². The van der Waals surface area contributed by atoms with Gasteiger partial charge in [-0.05, 0) is 44.3 Å². The SMILES string of the molecule is [N-]=[N+]=NC(=O)c1cccc(-c2cccc(-c3nnn[nH]3)c2)c1. The second kappa shape index (κ2) is 5.86. The number of nitrogens with one attached hydrogen (secondary N) is 1. The number of hydrogen-bond donors (Lipinski definition) is 1. The highest BCUT2D eigenvalue weighted by Crippen LogP contribution is 2.25. The predicted octanol–water partition coefficient (Wildman–Crippen LogP) is 2.98. The molecule has 3 rings (SSSR count). The molecule has 0 aliphatic rings. The van der Waals surface area contributed by atoms with Crippen molar-refractivity contribution in [3.05, 3.63) is 64.5 Å². The van der Waals surface area contributed by atoms with Crippen molar-refractivity contribution in [3.63, 3.8) is 0 Å². The summed E-state index contributed by atoms with van der Waals surface area (Å²) in [6, 6.07) is 14.4. The minimum atomic E-state index is -0.611. The zero-order valence-electron chi connectivity index (χ0n) is 11.2. The number of H-pyrrole nitrogens is 1. The summed E-state index contributed by atoms with van der Waals surface area (Å²) in [4.78, 5) is 14.1. The van der Waals surface area contributed by atoms with E-state index in [4.69, 9.17) is 5.53 Å². The van der Waals surface area contributed by atoms with Gasteiger partial charge in [0.15, 0.2) is 5.82 Å². The molecule has 0 fully saturated rings. The smallest absolute Gasteiger partial charge is 0.249 e. The van der Waals surface area contributed by atoms with Gasteiger partial charge >= 0.3 is 0 Å². The summed E-state index contributed by atoms with van der Waals surface area (Å²) in [6.45, 7) is 0. The zero-order chi connectivity index (χ0) is 15.4. The molecule has 0 atom stereocenters. The van der Waals surface area contributed by atoms with E-state index in [9.17, 15) is 4.79 Å². The lowest BCUT2D eigenvalue weighted by Crippen LogP contribution is -1.93. The third-order valence-corrected chi connectivity index (χ3v) is 3.06. The van der Waals surface area contributed by atoms with Crippen LogP contribution in [0.1, 0.15) is 10.4 Å². The number of aromatic nitrogens is 4. The first-order valence-electron chi connectivity index (χ1n) is 6.32. The summed E-state index contributed by atoms with van der Waals surface area (Å²) >= 11 is 0. The van der Waals surface area contributed by atoms with Gasteiger partial charge in [-0.1, -0.05) is 36.4 Å². The highest BCUT2D eigenvalue weighted by Gasteiger charge is 2.07. The molecule has 8 heteroatoms. The molecule has 0 aliphatic heterocycles. The van der Waals surface area contributed by atoms with Crippen LogP contribution in [0.5, 0.6) is 0 Å². The van der Waals surface area contributed by atoms with Gasteiger partial charge in [-0.3, -0.25) is 4.79 Å². The number of hydrogen-bond acceptors (Lipinski definition) is 4. The Bertz CT molecular complexity index is 866. The van der Waals surface area contributed by atoms with Crippen molar-refractivity contribution < 1.29 is 4.79 Å². The zero-order valence-corrected chi connectivity index (χ0v) is 11.2. The lowest BCUT2D eigenvalue weighted by atomic mass is 10.0. The molecule has 22 heavy (non-hydrogen) atoms. The van der Waals surface area contributed by atoms with Crippen molar-refractivity contribution in [1.82, 2.24) is 20.6 Å². The molecule has 2 aromatic carbocycles. The van der Waals surface area contributed by atoms with Crippen LogP contribution in [0, 0.1) is 0 Å². The normalized spacial score (nSPS) is 10.0. The van der Waals surface area contributed by atoms with Crippen LogP contribution in [0.2, 0.25) is 0 Å². The monoisotopic (exact) mass is 291 g/mol. The Morgan fingerprint density at radius 3 is 2.55 bits per heavy atom. The highest BCUT2D eigenvalue weighted by molar-refractivity contribution is 5.96. The van der Waals surface area contributed by atoms with Gasteiger partial charge in [0, 0.05) is 16.0 Å². The molecule has 0 aliphatic carbocycles. The summed E-state index contributed by atoms with van der Waals surface area (Å²) < 4.78 is 0. The number of amides is 1. The first-order chi connectivity index (χ1) is 10.8. The second-order valence-corrected chi connectivity index (χ2v) is 4.41. The fraction of sp³-hybridized carbons (Fsp3) is 0. The van der Waals surface area contributed by atoms with E-state index in [1.54, 1.807) is 18.2 Å². The van der Waals surface area contributed by atoms with E-state index >= 15 is 0 Å². The molecule has 1 amide bonds. The number of rotatable bonds is 3. The lowest BCUT2D eigenvalue weighted by Gasteiger charge is -2.05. The van der Waals surface area contributed by atoms with E-state index < -0.39 is 5.91 Å². The topological polar surface area (TPSA) is 120 Å². The number of tetrazole rings is 1. The molecular formula is C14H9N7O. The van der Waals surface area contributed by atoms with Gasteiger partial charge in [0.05, 0.1) is 0 Å². The maximum Gasteiger partial charge on any atom is 0.249 e. The molecule has 0 saturated heterocycles. The van der Waals surface area contributed by atoms with E-state index in [2.05, 4.69) is 30.7 Å². The van der Waals surface area contributed by atoms with Gasteiger partial charge in [0.2, 0.25) is 5.91 Å². The fourth-order valence-corrected chi connectivity index (χ4v) is 2.06. The van der Waals surface area contributed by atoms with Gasteiger partial charge in [-0.2, -0.15) is 0 Å². The highest BCUT2D eigenvalue weighted by atomic mass is 16.1. The van der Waals surface area contributed by atoms with Gasteiger partial charge in [-0.25, -0.2) is 5.10 Å². The summed E-state index contributed by atoms with van der Waals surface area (Å²) in [5.74, 6) is -0.0527. The summed E-state index contributed by atoms with van der Waals surface area (Å²) in [6.07, 6.45) is 0. The molecule has 0 saturated carbocycles. The summed E-state index contributed by atoms with van der Waals surface area (Å²) in [7, 11) is 0. The molecule has 1 heterocycles. The predicted molar refractivity (Wildman–Crippen MR) is 78.5 cm³/mol. The first-order valence-corrected chi connectivity index (χ1v) is 6.32. The van der Waals surface area contributed by atoms with Crippen LogP contribution >= 0.6 is 0 Å². The number of carbonyl (C=O) groups excluding carboxylic acids is 1. The Hall–Kier alpha value is -3.51. The molecule has 1 aromatic heterocycles. The molecule has 0 bridgehead atoms. The third kappa shape index (κ3) is 2.67. The van der Waals surface area contributed by atoms with Gasteiger partial charge < -0.3 is 0 Å². The number of azide groups is 1. The Morgan fingerprint density at radius 1 is 1.09 bits per heavy atom. The summed E-state index contributed by atoms with van der Waals surface area (Å²) in [5.41, 5.74) is 11.2. The molecule has 3 aromatic rings. The molecule has 0 radical (unpaired) electrons. The van der Waals surface area contributed by atoms with Gasteiger partial charge in [0.1, 0.15) is 0 Å². The van der Waals surface area contributed by atoms with Crippen LogP contribution in [0.15, 0.2) is 53.6 Å². The average Bonchev–Trinajstić information content (AvgIpc) is 3.10. The van der Waals surface area contributed by atoms with Crippen molar-refractivity contribution in [3.8, 4) is 22.5 Å². The minimum Gasteiger partial charge on any atom is -0.287 e. The van der Waals surface area contributed by atoms with Crippen LogP contribution in [-0.2, 0) is 0 Å². The van der Waals surface area contributed by atoms with Crippen molar-refractivity contribution in [2.45, 2.75) is 0 Å². The largest absolute Gasteiger partial charge is 0.287 e. The standard InChI is InChI=1S/C14H9N7O/c15-19-18-14(22)12-6-2-4-10(8-12)9-3-1-5-11(7-9)13-16-20-21-17-13/h1-8H,(H,16,17,20,21). The lowest BCUT2D eigenvalue weighted by molar-refractivity contribution is 0.100. The van der Waals surface area contributed by atoms with Gasteiger partial charge in [0.25, 0.3) is 0 Å². The minimum absolute atomic E-state index is 0.335. The van der Waals surface area contributed by atoms with E-state index in [1.165, 1.54) is 0 Å². The van der Waals surface area contributed by atoms with Crippen LogP contribution < -0.4 is 0 Å². The van der Waals surface area contributed by atoms with Crippen molar-refractivity contribution in [2.24, 2.45) is 5.11 Å². The maximum absolute atomic E-state index is 11.6. The molecular weight excluding hydrogens is 282 g/mol. The van der Waals surface area contributed by atoms with E-state index in [0.717, 1.165) is 16.7 Å². The van der Waals surface area contributed by atoms with E-state index in [0.29, 0.717) is 11.4 Å². The second-order valence-electron chi connectivity index (χ2n) is 4.41. The molecule has 106 valence electrons. The van der Waals surface area contributed by atoms with Crippen LogP contribution in [-0.4, -0.2) is 26.5 Å². The Labute approximate surface area is 124 Å². The van der Waals surface area contributed by atoms with Crippen LogP contribution in [0.4, 0.5) is 0 Å². The fourth-order valence-electron chi connectivity index (χ4n) is 2.06. The van der Waals surface area contributed by atoms with E-state index in [1.807, 2.05) is 30.3 Å². The first kappa shape index (κ1) is 13.5. The number of benzene rings is 2. The number of nitrogens with zero attached hydrogens (tertiary/aromatic N) is 6. The quantitative estimate of drug-likeness (QED) is 0.453. The maximum atomic E-state index is 11.6. The van der Waals surface area contributed by atoms with Crippen molar-refractivity contribution in [2.75, 3.05) is 0 Å². The average molecular weight is 291 g/mol. The Balaban J connectivity index is 2.01. The summed E-state index contributed by atoms with van der Waals surface area (Å²) in [5, 5.41) is 16.8. The molecule has 0 unspecified atom stereocenters. The third-order valence-electron chi connectivity index (χ3n) is 3.06. The molecule has 1 N–H and O–H groups in total. The van der Waals surface area contributed by atoms with E-state index in [-0.39, 0.29) is 0 Å². The Kier molecular flexibility index (Phi) is 3.59. The molecule has 0 spiro atoms. The number of carbonyl (C=O) groups is 1. The van der Waals surface area contributed by atoms with Crippen molar-refractivity contribution in [1.29, 1.82) is 0 Å². The molecule has 8 nitrogen and oxygen atoms in total. The van der Waals surface area contributed by atoms with Crippen LogP contribution in [0.25, 0.3) is 33.0 Å².